The summed E-state index contributed by atoms with van der Waals surface area (Å²) >= 11 is 0. The Balaban J connectivity index is 2.36. The molecule has 1 heterocycles. The Hall–Kier alpha value is -1.33. The molecule has 0 N–H and O–H groups in total. The van der Waals surface area contributed by atoms with Crippen LogP contribution in [0.4, 0.5) is 0 Å². The fraction of sp³-hybridized carbons (Fsp3) is 0.417. The van der Waals surface area contributed by atoms with Crippen LogP contribution in [-0.4, -0.2) is 18.5 Å². The van der Waals surface area contributed by atoms with Crippen LogP contribution in [0.1, 0.15) is 30.0 Å². The molecule has 0 radical (unpaired) electrons. The Bertz CT molecular complexity index is 365. The maximum Gasteiger partial charge on any atom is 0.0995 e. The molecule has 1 atom stereocenters. The van der Waals surface area contributed by atoms with Gasteiger partial charge in [0.25, 0.3) is 0 Å². The third-order valence-corrected chi connectivity index (χ3v) is 2.96. The van der Waals surface area contributed by atoms with Gasteiger partial charge < -0.3 is 0 Å². The van der Waals surface area contributed by atoms with E-state index in [4.69, 9.17) is 5.26 Å². The number of hydrogen-bond donors (Lipinski definition) is 0. The number of benzene rings is 1. The highest BCUT2D eigenvalue weighted by molar-refractivity contribution is 5.39. The van der Waals surface area contributed by atoms with E-state index in [-0.39, 0.29) is 0 Å². The molecule has 1 aromatic rings. The normalized spacial score (nSPS) is 22.1. The van der Waals surface area contributed by atoms with E-state index in [0.29, 0.717) is 6.04 Å². The summed E-state index contributed by atoms with van der Waals surface area (Å²) in [6.07, 6.45) is 2.41. The molecule has 72 valence electrons. The van der Waals surface area contributed by atoms with Gasteiger partial charge in [-0.25, -0.2) is 0 Å². The fourth-order valence-corrected chi connectivity index (χ4v) is 2.19. The van der Waals surface area contributed by atoms with Gasteiger partial charge in [0.1, 0.15) is 0 Å². The maximum absolute atomic E-state index is 9.00. The molecule has 0 amide bonds. The Kier molecular flexibility index (Phi) is 2.51. The molecule has 1 aliphatic rings. The van der Waals surface area contributed by atoms with E-state index in [0.717, 1.165) is 12.1 Å². The highest BCUT2D eigenvalue weighted by Gasteiger charge is 2.24. The summed E-state index contributed by atoms with van der Waals surface area (Å²) in [6, 6.07) is 10.6. The zero-order chi connectivity index (χ0) is 9.97. The number of nitrogens with zero attached hydrogens (tertiary/aromatic N) is 2. The minimum Gasteiger partial charge on any atom is -0.299 e. The van der Waals surface area contributed by atoms with Gasteiger partial charge in [0.15, 0.2) is 0 Å². The van der Waals surface area contributed by atoms with Crippen molar-refractivity contribution in [1.82, 2.24) is 4.90 Å². The number of likely N-dealkylation sites (tertiary alicyclic amines) is 1. The predicted molar refractivity (Wildman–Crippen MR) is 55.8 cm³/mol. The van der Waals surface area contributed by atoms with Crippen LogP contribution < -0.4 is 0 Å². The van der Waals surface area contributed by atoms with Gasteiger partial charge in [-0.05, 0) is 38.1 Å². The second-order valence-electron chi connectivity index (χ2n) is 3.84. The van der Waals surface area contributed by atoms with Crippen molar-refractivity contribution in [2.75, 3.05) is 13.6 Å². The lowest BCUT2D eigenvalue weighted by atomic mass is 9.99. The first-order valence-electron chi connectivity index (χ1n) is 5.02. The third-order valence-electron chi connectivity index (χ3n) is 2.96. The SMILES string of the molecule is CN1CCCC1c1ccccc1C#N. The zero-order valence-corrected chi connectivity index (χ0v) is 8.40. The Morgan fingerprint density at radius 2 is 2.21 bits per heavy atom. The molecule has 0 saturated carbocycles. The predicted octanol–water partition coefficient (Wildman–Crippen LogP) is 2.32. The average molecular weight is 186 g/mol. The molecule has 0 aliphatic carbocycles. The molecule has 0 bridgehead atoms. The molecule has 14 heavy (non-hydrogen) atoms. The molecular formula is C12H14N2. The number of nitriles is 1. The van der Waals surface area contributed by atoms with Crippen LogP contribution in [0.3, 0.4) is 0 Å². The summed E-state index contributed by atoms with van der Waals surface area (Å²) in [4.78, 5) is 2.33. The summed E-state index contributed by atoms with van der Waals surface area (Å²) in [5.74, 6) is 0. The van der Waals surface area contributed by atoms with Crippen molar-refractivity contribution < 1.29 is 0 Å². The van der Waals surface area contributed by atoms with Crippen molar-refractivity contribution in [3.8, 4) is 6.07 Å². The lowest BCUT2D eigenvalue weighted by Gasteiger charge is -2.20. The minimum absolute atomic E-state index is 0.450. The maximum atomic E-state index is 9.00. The molecule has 0 aromatic heterocycles. The molecule has 1 fully saturated rings. The van der Waals surface area contributed by atoms with Gasteiger partial charge in [0.05, 0.1) is 11.6 Å². The van der Waals surface area contributed by atoms with Crippen LogP contribution in [-0.2, 0) is 0 Å². The number of rotatable bonds is 1. The van der Waals surface area contributed by atoms with Crippen LogP contribution in [0.15, 0.2) is 24.3 Å². The largest absolute Gasteiger partial charge is 0.299 e. The highest BCUT2D eigenvalue weighted by Crippen LogP contribution is 2.31. The van der Waals surface area contributed by atoms with E-state index in [2.05, 4.69) is 24.1 Å². The first-order chi connectivity index (χ1) is 6.83. The van der Waals surface area contributed by atoms with E-state index < -0.39 is 0 Å². The number of hydrogen-bond acceptors (Lipinski definition) is 2. The third kappa shape index (κ3) is 1.51. The van der Waals surface area contributed by atoms with Gasteiger partial charge in [-0.1, -0.05) is 18.2 Å². The Morgan fingerprint density at radius 1 is 1.43 bits per heavy atom. The topological polar surface area (TPSA) is 27.0 Å². The second kappa shape index (κ2) is 3.81. The summed E-state index contributed by atoms with van der Waals surface area (Å²) in [7, 11) is 2.13. The quantitative estimate of drug-likeness (QED) is 0.673. The average Bonchev–Trinajstić information content (AvgIpc) is 2.64. The van der Waals surface area contributed by atoms with E-state index in [1.807, 2.05) is 18.2 Å². The van der Waals surface area contributed by atoms with Crippen LogP contribution in [0, 0.1) is 11.3 Å². The van der Waals surface area contributed by atoms with Gasteiger partial charge in [-0.15, -0.1) is 0 Å². The molecule has 1 unspecified atom stereocenters. The molecule has 1 aromatic carbocycles. The van der Waals surface area contributed by atoms with Gasteiger partial charge >= 0.3 is 0 Å². The molecule has 1 aliphatic heterocycles. The van der Waals surface area contributed by atoms with E-state index >= 15 is 0 Å². The van der Waals surface area contributed by atoms with Gasteiger partial charge in [-0.2, -0.15) is 5.26 Å². The standard InChI is InChI=1S/C12H14N2/c1-14-8-4-7-12(14)11-6-3-2-5-10(11)9-13/h2-3,5-6,12H,4,7-8H2,1H3. The van der Waals surface area contributed by atoms with Crippen LogP contribution in [0.2, 0.25) is 0 Å². The first-order valence-corrected chi connectivity index (χ1v) is 5.02. The van der Waals surface area contributed by atoms with Crippen molar-refractivity contribution in [2.24, 2.45) is 0 Å². The molecule has 1 saturated heterocycles. The van der Waals surface area contributed by atoms with E-state index in [1.165, 1.54) is 18.4 Å². The molecule has 2 rings (SSSR count). The first kappa shape index (κ1) is 9.23. The molecule has 2 nitrogen and oxygen atoms in total. The van der Waals surface area contributed by atoms with Crippen LogP contribution in [0.5, 0.6) is 0 Å². The molecule has 2 heteroatoms. The summed E-state index contributed by atoms with van der Waals surface area (Å²) in [6.45, 7) is 1.14. The Morgan fingerprint density at radius 3 is 2.86 bits per heavy atom. The van der Waals surface area contributed by atoms with Crippen molar-refractivity contribution in [1.29, 1.82) is 5.26 Å². The summed E-state index contributed by atoms with van der Waals surface area (Å²) < 4.78 is 0. The second-order valence-corrected chi connectivity index (χ2v) is 3.84. The van der Waals surface area contributed by atoms with Crippen molar-refractivity contribution in [3.63, 3.8) is 0 Å². The minimum atomic E-state index is 0.450. The van der Waals surface area contributed by atoms with Crippen LogP contribution in [0.25, 0.3) is 0 Å². The summed E-state index contributed by atoms with van der Waals surface area (Å²) in [5.41, 5.74) is 2.02. The van der Waals surface area contributed by atoms with Gasteiger partial charge in [0, 0.05) is 6.04 Å². The zero-order valence-electron chi connectivity index (χ0n) is 8.40. The van der Waals surface area contributed by atoms with Crippen LogP contribution >= 0.6 is 0 Å². The van der Waals surface area contributed by atoms with E-state index in [9.17, 15) is 0 Å². The molecular weight excluding hydrogens is 172 g/mol. The lowest BCUT2D eigenvalue weighted by molar-refractivity contribution is 0.317. The highest BCUT2D eigenvalue weighted by atomic mass is 15.1. The fourth-order valence-electron chi connectivity index (χ4n) is 2.19. The van der Waals surface area contributed by atoms with Crippen molar-refractivity contribution >= 4 is 0 Å². The van der Waals surface area contributed by atoms with Gasteiger partial charge in [0.2, 0.25) is 0 Å². The van der Waals surface area contributed by atoms with Gasteiger partial charge in [-0.3, -0.25) is 4.90 Å². The summed E-state index contributed by atoms with van der Waals surface area (Å²) in [5, 5.41) is 9.00. The smallest absolute Gasteiger partial charge is 0.0995 e. The molecule has 0 spiro atoms. The lowest BCUT2D eigenvalue weighted by Crippen LogP contribution is -2.18. The van der Waals surface area contributed by atoms with Crippen molar-refractivity contribution in [3.05, 3.63) is 35.4 Å². The van der Waals surface area contributed by atoms with E-state index in [1.54, 1.807) is 0 Å². The van der Waals surface area contributed by atoms with Crippen molar-refractivity contribution in [2.45, 2.75) is 18.9 Å². The Labute approximate surface area is 84.8 Å². The monoisotopic (exact) mass is 186 g/mol.